The zero-order valence-electron chi connectivity index (χ0n) is 22.7. The van der Waals surface area contributed by atoms with E-state index in [0.717, 1.165) is 53.6 Å². The Bertz CT molecular complexity index is 1540. The van der Waals surface area contributed by atoms with E-state index in [9.17, 15) is 0 Å². The van der Waals surface area contributed by atoms with Crippen molar-refractivity contribution in [1.29, 1.82) is 0 Å². The molecule has 7 nitrogen and oxygen atoms in total. The fraction of sp³-hybridized carbons (Fsp3) is 0.312. The van der Waals surface area contributed by atoms with Crippen LogP contribution >= 0.6 is 0 Å². The Hall–Kier alpha value is -4.10. The average molecular weight is 519 g/mol. The van der Waals surface area contributed by atoms with Crippen LogP contribution in [0.3, 0.4) is 0 Å². The molecule has 0 bridgehead atoms. The van der Waals surface area contributed by atoms with E-state index >= 15 is 0 Å². The molecule has 0 spiro atoms. The summed E-state index contributed by atoms with van der Waals surface area (Å²) in [5.41, 5.74) is 6.04. The van der Waals surface area contributed by atoms with Crippen molar-refractivity contribution in [2.24, 2.45) is 5.92 Å². The zero-order chi connectivity index (χ0) is 26.8. The number of rotatable bonds is 8. The molecule has 0 saturated carbocycles. The SMILES string of the molecule is CC(C)C(C)(c1ccc(OCc2ccccn2)cc1)c1ccc(-c2ccc3nnc([C@@H]4CCCN4)n3n2)cc1. The van der Waals surface area contributed by atoms with Gasteiger partial charge in [0, 0.05) is 17.2 Å². The van der Waals surface area contributed by atoms with Crippen molar-refractivity contribution in [3.8, 4) is 17.0 Å². The number of benzene rings is 2. The highest BCUT2D eigenvalue weighted by Gasteiger charge is 2.32. The molecular formula is C32H34N6O. The minimum absolute atomic E-state index is 0.162. The number of aromatic nitrogens is 5. The highest BCUT2D eigenvalue weighted by molar-refractivity contribution is 5.61. The molecule has 0 amide bonds. The van der Waals surface area contributed by atoms with Gasteiger partial charge in [0.2, 0.25) is 0 Å². The van der Waals surface area contributed by atoms with Crippen molar-refractivity contribution in [2.75, 3.05) is 6.54 Å². The lowest BCUT2D eigenvalue weighted by molar-refractivity contribution is 0.301. The van der Waals surface area contributed by atoms with Gasteiger partial charge in [-0.05, 0) is 72.8 Å². The van der Waals surface area contributed by atoms with Gasteiger partial charge in [-0.3, -0.25) is 4.98 Å². The van der Waals surface area contributed by atoms with Crippen LogP contribution < -0.4 is 10.1 Å². The molecule has 1 N–H and O–H groups in total. The lowest BCUT2D eigenvalue weighted by Gasteiger charge is -2.35. The monoisotopic (exact) mass is 518 g/mol. The van der Waals surface area contributed by atoms with Gasteiger partial charge < -0.3 is 10.1 Å². The first-order valence-electron chi connectivity index (χ1n) is 13.7. The van der Waals surface area contributed by atoms with E-state index in [1.165, 1.54) is 11.1 Å². The molecule has 3 aromatic heterocycles. The molecule has 39 heavy (non-hydrogen) atoms. The van der Waals surface area contributed by atoms with Crippen LogP contribution in [0, 0.1) is 5.92 Å². The molecule has 2 atom stereocenters. The van der Waals surface area contributed by atoms with Gasteiger partial charge in [0.25, 0.3) is 0 Å². The number of pyridine rings is 1. The Kier molecular flexibility index (Phi) is 6.83. The maximum absolute atomic E-state index is 5.97. The third kappa shape index (κ3) is 4.90. The predicted molar refractivity (Wildman–Crippen MR) is 152 cm³/mol. The first kappa shape index (κ1) is 25.2. The molecule has 1 fully saturated rings. The molecular weight excluding hydrogens is 484 g/mol. The van der Waals surface area contributed by atoms with Crippen molar-refractivity contribution in [3.05, 3.63) is 108 Å². The smallest absolute Gasteiger partial charge is 0.178 e. The lowest BCUT2D eigenvalue weighted by Crippen LogP contribution is -2.30. The Morgan fingerprint density at radius 3 is 2.38 bits per heavy atom. The quantitative estimate of drug-likeness (QED) is 0.265. The summed E-state index contributed by atoms with van der Waals surface area (Å²) >= 11 is 0. The highest BCUT2D eigenvalue weighted by atomic mass is 16.5. The maximum Gasteiger partial charge on any atom is 0.178 e. The van der Waals surface area contributed by atoms with Crippen molar-refractivity contribution >= 4 is 5.65 Å². The molecule has 4 heterocycles. The van der Waals surface area contributed by atoms with E-state index in [4.69, 9.17) is 9.84 Å². The third-order valence-corrected chi connectivity index (χ3v) is 8.16. The molecule has 1 unspecified atom stereocenters. The summed E-state index contributed by atoms with van der Waals surface area (Å²) in [7, 11) is 0. The summed E-state index contributed by atoms with van der Waals surface area (Å²) in [6.45, 7) is 8.34. The summed E-state index contributed by atoms with van der Waals surface area (Å²) in [6, 6.07) is 27.4. The average Bonchev–Trinajstić information content (AvgIpc) is 3.66. The summed E-state index contributed by atoms with van der Waals surface area (Å²) in [5, 5.41) is 17.2. The van der Waals surface area contributed by atoms with E-state index in [-0.39, 0.29) is 11.5 Å². The number of hydrogen-bond acceptors (Lipinski definition) is 6. The van der Waals surface area contributed by atoms with Gasteiger partial charge in [0.1, 0.15) is 12.4 Å². The van der Waals surface area contributed by atoms with Gasteiger partial charge in [-0.25, -0.2) is 0 Å². The topological polar surface area (TPSA) is 77.2 Å². The first-order valence-corrected chi connectivity index (χ1v) is 13.7. The van der Waals surface area contributed by atoms with Gasteiger partial charge in [-0.15, -0.1) is 10.2 Å². The Morgan fingerprint density at radius 2 is 1.72 bits per heavy atom. The number of nitrogens with zero attached hydrogens (tertiary/aromatic N) is 5. The number of ether oxygens (including phenoxy) is 1. The van der Waals surface area contributed by atoms with Crippen LogP contribution in [0.4, 0.5) is 0 Å². The Morgan fingerprint density at radius 1 is 0.949 bits per heavy atom. The second kappa shape index (κ2) is 10.6. The molecule has 1 saturated heterocycles. The Labute approximate surface area is 229 Å². The van der Waals surface area contributed by atoms with Crippen LogP contribution in [0.5, 0.6) is 5.75 Å². The normalized spacial score (nSPS) is 17.0. The summed E-state index contributed by atoms with van der Waals surface area (Å²) in [4.78, 5) is 4.34. The molecule has 198 valence electrons. The molecule has 0 radical (unpaired) electrons. The van der Waals surface area contributed by atoms with Crippen LogP contribution in [0.25, 0.3) is 16.9 Å². The van der Waals surface area contributed by atoms with E-state index in [1.54, 1.807) is 6.20 Å². The molecule has 0 aliphatic carbocycles. The van der Waals surface area contributed by atoms with Gasteiger partial charge in [0.05, 0.1) is 17.4 Å². The number of hydrogen-bond donors (Lipinski definition) is 1. The fourth-order valence-corrected chi connectivity index (χ4v) is 5.44. The van der Waals surface area contributed by atoms with Crippen LogP contribution in [-0.2, 0) is 12.0 Å². The maximum atomic E-state index is 5.97. The van der Waals surface area contributed by atoms with Gasteiger partial charge in [-0.2, -0.15) is 9.61 Å². The van der Waals surface area contributed by atoms with E-state index in [1.807, 2.05) is 34.8 Å². The summed E-state index contributed by atoms with van der Waals surface area (Å²) in [6.07, 6.45) is 4.00. The molecule has 7 heteroatoms. The van der Waals surface area contributed by atoms with Gasteiger partial charge >= 0.3 is 0 Å². The third-order valence-electron chi connectivity index (χ3n) is 8.16. The highest BCUT2D eigenvalue weighted by Crippen LogP contribution is 2.40. The van der Waals surface area contributed by atoms with Crippen molar-refractivity contribution in [3.63, 3.8) is 0 Å². The first-order chi connectivity index (χ1) is 19.0. The van der Waals surface area contributed by atoms with Crippen LogP contribution in [-0.4, -0.2) is 31.3 Å². The summed E-state index contributed by atoms with van der Waals surface area (Å²) < 4.78 is 7.86. The molecule has 6 rings (SSSR count). The van der Waals surface area contributed by atoms with Gasteiger partial charge in [0.15, 0.2) is 11.5 Å². The molecule has 5 aromatic rings. The minimum atomic E-state index is -0.162. The largest absolute Gasteiger partial charge is 0.487 e. The second-order valence-corrected chi connectivity index (χ2v) is 10.8. The minimum Gasteiger partial charge on any atom is -0.487 e. The standard InChI is InChI=1S/C32H34N6O/c1-22(2)32(3,25-13-15-27(16-14-25)39-21-26-7-4-5-19-33-26)24-11-9-23(10-12-24)28-17-18-30-35-36-31(38(30)37-28)29-8-6-20-34-29/h4-5,7,9-19,22,29,34H,6,8,20-21H2,1-3H3/t29-,32?/m0/s1. The van der Waals surface area contributed by atoms with Crippen molar-refractivity contribution in [1.82, 2.24) is 30.1 Å². The van der Waals surface area contributed by atoms with Crippen LogP contribution in [0.15, 0.2) is 85.1 Å². The lowest BCUT2D eigenvalue weighted by atomic mass is 9.68. The number of fused-ring (bicyclic) bond motifs is 1. The Balaban J connectivity index is 1.24. The molecule has 1 aliphatic heterocycles. The van der Waals surface area contributed by atoms with Crippen LogP contribution in [0.2, 0.25) is 0 Å². The van der Waals surface area contributed by atoms with Crippen molar-refractivity contribution < 1.29 is 4.74 Å². The fourth-order valence-electron chi connectivity index (χ4n) is 5.44. The van der Waals surface area contributed by atoms with Crippen molar-refractivity contribution in [2.45, 2.75) is 51.7 Å². The van der Waals surface area contributed by atoms with E-state index in [0.29, 0.717) is 12.5 Å². The second-order valence-electron chi connectivity index (χ2n) is 10.8. The zero-order valence-corrected chi connectivity index (χ0v) is 22.7. The van der Waals surface area contributed by atoms with E-state index < -0.39 is 0 Å². The predicted octanol–water partition coefficient (Wildman–Crippen LogP) is 6.15. The number of nitrogens with one attached hydrogen (secondary N) is 1. The van der Waals surface area contributed by atoms with Crippen LogP contribution in [0.1, 0.15) is 62.3 Å². The molecule has 1 aliphatic rings. The van der Waals surface area contributed by atoms with E-state index in [2.05, 4.69) is 89.8 Å². The summed E-state index contributed by atoms with van der Waals surface area (Å²) in [5.74, 6) is 2.12. The molecule has 2 aromatic carbocycles. The van der Waals surface area contributed by atoms with Gasteiger partial charge in [-0.1, -0.05) is 63.2 Å².